The number of hydrogen-bond donors (Lipinski definition) is 2. The zero-order chi connectivity index (χ0) is 20.3. The van der Waals surface area contributed by atoms with Crippen LogP contribution in [0.4, 0.5) is 17.1 Å². The highest BCUT2D eigenvalue weighted by Crippen LogP contribution is 2.39. The minimum atomic E-state index is -0.0455. The molecule has 2 N–H and O–H groups in total. The second-order valence-electron chi connectivity index (χ2n) is 8.72. The Labute approximate surface area is 178 Å². The van der Waals surface area contributed by atoms with Gasteiger partial charge in [0.1, 0.15) is 0 Å². The lowest BCUT2D eigenvalue weighted by atomic mass is 9.83. The number of hydrogen-bond acceptors (Lipinski definition) is 4. The van der Waals surface area contributed by atoms with E-state index < -0.39 is 0 Å². The van der Waals surface area contributed by atoms with Crippen molar-refractivity contribution in [1.29, 1.82) is 0 Å². The van der Waals surface area contributed by atoms with E-state index in [9.17, 15) is 4.79 Å². The van der Waals surface area contributed by atoms with Gasteiger partial charge in [0.25, 0.3) is 5.91 Å². The van der Waals surface area contributed by atoms with E-state index in [1.54, 1.807) is 0 Å². The van der Waals surface area contributed by atoms with Crippen molar-refractivity contribution in [2.75, 3.05) is 18.4 Å². The predicted octanol–water partition coefficient (Wildman–Crippen LogP) is 5.58. The number of aliphatic imine (C=N–C) groups is 1. The average Bonchev–Trinajstić information content (AvgIpc) is 2.96. The van der Waals surface area contributed by atoms with Gasteiger partial charge in [0, 0.05) is 35.8 Å². The number of benzene rings is 2. The van der Waals surface area contributed by atoms with Crippen molar-refractivity contribution >= 4 is 28.7 Å². The summed E-state index contributed by atoms with van der Waals surface area (Å²) in [6.45, 7) is 1.86. The van der Waals surface area contributed by atoms with Crippen molar-refractivity contribution in [2.45, 2.75) is 51.4 Å². The second-order valence-corrected chi connectivity index (χ2v) is 8.72. The van der Waals surface area contributed by atoms with Gasteiger partial charge in [0.15, 0.2) is 0 Å². The molecule has 5 rings (SSSR count). The van der Waals surface area contributed by atoms with Crippen LogP contribution in [0.3, 0.4) is 0 Å². The number of hydrazine groups is 1. The van der Waals surface area contributed by atoms with Crippen molar-refractivity contribution in [1.82, 2.24) is 10.4 Å². The van der Waals surface area contributed by atoms with Crippen molar-refractivity contribution in [3.8, 4) is 0 Å². The molecule has 2 aromatic rings. The zero-order valence-electron chi connectivity index (χ0n) is 17.5. The fraction of sp³-hybridized carbons (Fsp3) is 0.440. The van der Waals surface area contributed by atoms with E-state index in [-0.39, 0.29) is 5.91 Å². The Bertz CT molecular complexity index is 955. The van der Waals surface area contributed by atoms with Gasteiger partial charge in [-0.1, -0.05) is 43.9 Å². The first-order valence-corrected chi connectivity index (χ1v) is 11.4. The van der Waals surface area contributed by atoms with Crippen molar-refractivity contribution in [3.63, 3.8) is 0 Å². The van der Waals surface area contributed by atoms with Crippen LogP contribution in [0.15, 0.2) is 47.5 Å². The maximum absolute atomic E-state index is 12.9. The molecule has 0 bridgehead atoms. The molecule has 2 fully saturated rings. The Morgan fingerprint density at radius 1 is 0.933 bits per heavy atom. The summed E-state index contributed by atoms with van der Waals surface area (Å²) in [4.78, 5) is 18.0. The van der Waals surface area contributed by atoms with Crippen LogP contribution >= 0.6 is 0 Å². The van der Waals surface area contributed by atoms with Crippen molar-refractivity contribution < 1.29 is 4.79 Å². The summed E-state index contributed by atoms with van der Waals surface area (Å²) in [5.41, 5.74) is 9.03. The average molecular weight is 403 g/mol. The molecule has 5 heteroatoms. The van der Waals surface area contributed by atoms with Crippen molar-refractivity contribution in [2.24, 2.45) is 10.9 Å². The monoisotopic (exact) mass is 402 g/mol. The van der Waals surface area contributed by atoms with Crippen LogP contribution in [0.1, 0.15) is 67.3 Å². The van der Waals surface area contributed by atoms with E-state index in [1.807, 2.05) is 23.2 Å². The minimum absolute atomic E-state index is 0.0455. The SMILES string of the molecule is O=C(NN1CCCCC1)c1ccc2c(c1)N=C(C1CCCCC1)c1ccccc1N2. The maximum Gasteiger partial charge on any atom is 0.265 e. The fourth-order valence-corrected chi connectivity index (χ4v) is 4.92. The van der Waals surface area contributed by atoms with Crippen LogP contribution in [-0.4, -0.2) is 29.7 Å². The molecule has 2 aliphatic heterocycles. The molecule has 156 valence electrons. The normalized spacial score (nSPS) is 19.7. The molecule has 0 atom stereocenters. The lowest BCUT2D eigenvalue weighted by molar-refractivity contribution is 0.0750. The summed E-state index contributed by atoms with van der Waals surface area (Å²) in [6, 6.07) is 14.3. The summed E-state index contributed by atoms with van der Waals surface area (Å²) in [6.07, 6.45) is 9.77. The van der Waals surface area contributed by atoms with Gasteiger partial charge in [-0.2, -0.15) is 0 Å². The lowest BCUT2D eigenvalue weighted by Crippen LogP contribution is -2.45. The van der Waals surface area contributed by atoms with E-state index >= 15 is 0 Å². The van der Waals surface area contributed by atoms with Crippen LogP contribution in [0.2, 0.25) is 0 Å². The smallest absolute Gasteiger partial charge is 0.265 e. The summed E-state index contributed by atoms with van der Waals surface area (Å²) in [5.74, 6) is 0.439. The van der Waals surface area contributed by atoms with Crippen LogP contribution in [-0.2, 0) is 0 Å². The number of fused-ring (bicyclic) bond motifs is 2. The molecule has 3 aliphatic rings. The lowest BCUT2D eigenvalue weighted by Gasteiger charge is -2.26. The Hall–Kier alpha value is -2.66. The fourth-order valence-electron chi connectivity index (χ4n) is 4.92. The van der Waals surface area contributed by atoms with Crippen molar-refractivity contribution in [3.05, 3.63) is 53.6 Å². The highest BCUT2D eigenvalue weighted by Gasteiger charge is 2.25. The predicted molar refractivity (Wildman–Crippen MR) is 122 cm³/mol. The van der Waals surface area contributed by atoms with Gasteiger partial charge in [-0.25, -0.2) is 5.01 Å². The Morgan fingerprint density at radius 3 is 2.53 bits per heavy atom. The largest absolute Gasteiger partial charge is 0.353 e. The number of anilines is 2. The van der Waals surface area contributed by atoms with E-state index in [0.717, 1.165) is 43.0 Å². The zero-order valence-corrected chi connectivity index (χ0v) is 17.5. The molecule has 0 aromatic heterocycles. The van der Waals surface area contributed by atoms with Gasteiger partial charge in [0.05, 0.1) is 17.1 Å². The molecular formula is C25H30N4O. The van der Waals surface area contributed by atoms with Crippen LogP contribution in [0, 0.1) is 5.92 Å². The van der Waals surface area contributed by atoms with Gasteiger partial charge in [-0.05, 0) is 49.9 Å². The number of carbonyl (C=O) groups is 1. The number of rotatable bonds is 3. The first-order chi connectivity index (χ1) is 14.8. The maximum atomic E-state index is 12.9. The van der Waals surface area contributed by atoms with E-state index in [4.69, 9.17) is 4.99 Å². The van der Waals surface area contributed by atoms with Gasteiger partial charge in [0.2, 0.25) is 0 Å². The molecule has 1 saturated heterocycles. The van der Waals surface area contributed by atoms with E-state index in [2.05, 4.69) is 35.0 Å². The number of nitrogens with one attached hydrogen (secondary N) is 2. The third kappa shape index (κ3) is 3.99. The summed E-state index contributed by atoms with van der Waals surface area (Å²) in [5, 5.41) is 5.61. The molecule has 5 nitrogen and oxygen atoms in total. The molecule has 2 heterocycles. The number of para-hydroxylation sites is 1. The highest BCUT2D eigenvalue weighted by molar-refractivity contribution is 6.10. The first kappa shape index (κ1) is 19.3. The highest BCUT2D eigenvalue weighted by atomic mass is 16.2. The number of amides is 1. The molecule has 1 saturated carbocycles. The topological polar surface area (TPSA) is 56.7 Å². The molecule has 1 aliphatic carbocycles. The Kier molecular flexibility index (Phi) is 5.54. The van der Waals surface area contributed by atoms with E-state index in [0.29, 0.717) is 11.5 Å². The second kappa shape index (κ2) is 8.60. The van der Waals surface area contributed by atoms with Gasteiger partial charge < -0.3 is 5.32 Å². The summed E-state index contributed by atoms with van der Waals surface area (Å²) in [7, 11) is 0. The Morgan fingerprint density at radius 2 is 1.70 bits per heavy atom. The standard InChI is InChI=1S/C25H30N4O/c30-25(28-29-15-7-2-8-16-29)19-13-14-22-23(17-19)27-24(18-9-3-1-4-10-18)20-11-5-6-12-21(20)26-22/h5-6,11-14,17-18,26H,1-4,7-10,15-16H2,(H,28,30). The van der Waals surface area contributed by atoms with Crippen LogP contribution in [0.25, 0.3) is 0 Å². The van der Waals surface area contributed by atoms with Crippen LogP contribution in [0.5, 0.6) is 0 Å². The first-order valence-electron chi connectivity index (χ1n) is 11.4. The molecule has 30 heavy (non-hydrogen) atoms. The molecule has 0 spiro atoms. The molecule has 0 unspecified atom stereocenters. The number of piperidine rings is 1. The van der Waals surface area contributed by atoms with E-state index in [1.165, 1.54) is 49.8 Å². The third-order valence-corrected chi connectivity index (χ3v) is 6.58. The van der Waals surface area contributed by atoms with Gasteiger partial charge in [-0.15, -0.1) is 0 Å². The summed E-state index contributed by atoms with van der Waals surface area (Å²) < 4.78 is 0. The molecular weight excluding hydrogens is 372 g/mol. The molecule has 1 amide bonds. The van der Waals surface area contributed by atoms with Gasteiger partial charge in [-0.3, -0.25) is 15.2 Å². The Balaban J connectivity index is 1.48. The molecule has 0 radical (unpaired) electrons. The quantitative estimate of drug-likeness (QED) is 0.705. The molecule has 2 aromatic carbocycles. The van der Waals surface area contributed by atoms with Crippen LogP contribution < -0.4 is 10.7 Å². The third-order valence-electron chi connectivity index (χ3n) is 6.58. The summed E-state index contributed by atoms with van der Waals surface area (Å²) >= 11 is 0. The van der Waals surface area contributed by atoms with Gasteiger partial charge >= 0.3 is 0 Å². The number of carbonyl (C=O) groups excluding carboxylic acids is 1. The number of nitrogens with zero attached hydrogens (tertiary/aromatic N) is 2. The minimum Gasteiger partial charge on any atom is -0.353 e.